The normalized spacial score (nSPS) is 25.2. The van der Waals surface area contributed by atoms with E-state index in [-0.39, 0.29) is 11.2 Å². The molecular formula is C12H16FN. The van der Waals surface area contributed by atoms with Crippen molar-refractivity contribution in [1.82, 2.24) is 5.32 Å². The molecule has 1 N–H and O–H groups in total. The Hall–Kier alpha value is -0.890. The SMILES string of the molecule is CC1(C)CNC[C@H]1c1cccc(F)c1. The average Bonchev–Trinajstić information content (AvgIpc) is 2.45. The first-order valence-corrected chi connectivity index (χ1v) is 5.06. The molecule has 0 unspecified atom stereocenters. The number of halogens is 1. The second-order valence-electron chi connectivity index (χ2n) is 4.73. The summed E-state index contributed by atoms with van der Waals surface area (Å²) in [6, 6.07) is 6.96. The number of hydrogen-bond donors (Lipinski definition) is 1. The molecule has 0 aromatic heterocycles. The van der Waals surface area contributed by atoms with Crippen LogP contribution in [-0.4, -0.2) is 13.1 Å². The summed E-state index contributed by atoms with van der Waals surface area (Å²) in [5.41, 5.74) is 1.34. The molecule has 0 aliphatic carbocycles. The van der Waals surface area contributed by atoms with Gasteiger partial charge in [0.15, 0.2) is 0 Å². The van der Waals surface area contributed by atoms with Crippen LogP contribution in [0.1, 0.15) is 25.3 Å². The monoisotopic (exact) mass is 193 g/mol. The lowest BCUT2D eigenvalue weighted by Crippen LogP contribution is -2.20. The molecule has 0 spiro atoms. The van der Waals surface area contributed by atoms with Gasteiger partial charge in [0, 0.05) is 19.0 Å². The van der Waals surface area contributed by atoms with Gasteiger partial charge in [-0.15, -0.1) is 0 Å². The van der Waals surface area contributed by atoms with Gasteiger partial charge in [-0.2, -0.15) is 0 Å². The maximum Gasteiger partial charge on any atom is 0.123 e. The Balaban J connectivity index is 2.31. The average molecular weight is 193 g/mol. The topological polar surface area (TPSA) is 12.0 Å². The lowest BCUT2D eigenvalue weighted by Gasteiger charge is -2.25. The van der Waals surface area contributed by atoms with Crippen molar-refractivity contribution in [3.63, 3.8) is 0 Å². The molecule has 1 aliphatic rings. The van der Waals surface area contributed by atoms with Crippen LogP contribution in [0.15, 0.2) is 24.3 Å². The van der Waals surface area contributed by atoms with Crippen LogP contribution in [0.4, 0.5) is 4.39 Å². The molecule has 1 saturated heterocycles. The van der Waals surface area contributed by atoms with Crippen molar-refractivity contribution in [2.45, 2.75) is 19.8 Å². The third-order valence-corrected chi connectivity index (χ3v) is 3.12. The van der Waals surface area contributed by atoms with Gasteiger partial charge >= 0.3 is 0 Å². The first-order chi connectivity index (χ1) is 6.59. The summed E-state index contributed by atoms with van der Waals surface area (Å²) in [5, 5.41) is 3.36. The molecule has 1 aromatic rings. The van der Waals surface area contributed by atoms with Crippen molar-refractivity contribution in [3.05, 3.63) is 35.6 Å². The van der Waals surface area contributed by atoms with Crippen LogP contribution in [0, 0.1) is 11.2 Å². The number of rotatable bonds is 1. The Bertz CT molecular complexity index is 333. The first kappa shape index (κ1) is 9.66. The van der Waals surface area contributed by atoms with Crippen LogP contribution in [0.25, 0.3) is 0 Å². The summed E-state index contributed by atoms with van der Waals surface area (Å²) in [5.74, 6) is 0.295. The molecule has 1 fully saturated rings. The fourth-order valence-electron chi connectivity index (χ4n) is 2.23. The standard InChI is InChI=1S/C12H16FN/c1-12(2)8-14-7-11(12)9-4-3-5-10(13)6-9/h3-6,11,14H,7-8H2,1-2H3/t11-/m0/s1. The summed E-state index contributed by atoms with van der Waals surface area (Å²) < 4.78 is 13.1. The van der Waals surface area contributed by atoms with Gasteiger partial charge in [-0.25, -0.2) is 4.39 Å². The highest BCUT2D eigenvalue weighted by Gasteiger charge is 2.35. The van der Waals surface area contributed by atoms with Crippen LogP contribution in [0.3, 0.4) is 0 Å². The van der Waals surface area contributed by atoms with E-state index in [1.165, 1.54) is 6.07 Å². The molecule has 76 valence electrons. The molecule has 1 aliphatic heterocycles. The molecule has 2 heteroatoms. The summed E-state index contributed by atoms with van der Waals surface area (Å²) in [6.07, 6.45) is 0. The van der Waals surface area contributed by atoms with Crippen molar-refractivity contribution >= 4 is 0 Å². The first-order valence-electron chi connectivity index (χ1n) is 5.06. The van der Waals surface area contributed by atoms with Gasteiger partial charge < -0.3 is 5.32 Å². The molecule has 14 heavy (non-hydrogen) atoms. The van der Waals surface area contributed by atoms with E-state index in [2.05, 4.69) is 19.2 Å². The van der Waals surface area contributed by atoms with E-state index in [1.807, 2.05) is 6.07 Å². The molecule has 0 saturated carbocycles. The summed E-state index contributed by atoms with van der Waals surface area (Å²) in [7, 11) is 0. The van der Waals surface area contributed by atoms with E-state index in [4.69, 9.17) is 0 Å². The van der Waals surface area contributed by atoms with Gasteiger partial charge in [-0.1, -0.05) is 26.0 Å². The largest absolute Gasteiger partial charge is 0.316 e. The summed E-state index contributed by atoms with van der Waals surface area (Å²) in [4.78, 5) is 0. The van der Waals surface area contributed by atoms with Crippen molar-refractivity contribution in [2.24, 2.45) is 5.41 Å². The lowest BCUT2D eigenvalue weighted by atomic mass is 9.78. The molecule has 0 amide bonds. The zero-order valence-electron chi connectivity index (χ0n) is 8.68. The summed E-state index contributed by atoms with van der Waals surface area (Å²) in [6.45, 7) is 6.41. The third kappa shape index (κ3) is 1.67. The smallest absolute Gasteiger partial charge is 0.123 e. The summed E-state index contributed by atoms with van der Waals surface area (Å²) >= 11 is 0. The molecule has 1 heterocycles. The zero-order chi connectivity index (χ0) is 10.2. The Morgan fingerprint density at radius 3 is 2.79 bits per heavy atom. The minimum absolute atomic E-state index is 0.134. The fraction of sp³-hybridized carbons (Fsp3) is 0.500. The Kier molecular flexibility index (Phi) is 2.31. The van der Waals surface area contributed by atoms with E-state index in [0.29, 0.717) is 5.92 Å². The van der Waals surface area contributed by atoms with Gasteiger partial charge in [0.25, 0.3) is 0 Å². The predicted octanol–water partition coefficient (Wildman–Crippen LogP) is 2.54. The maximum atomic E-state index is 13.1. The van der Waals surface area contributed by atoms with Crippen LogP contribution in [-0.2, 0) is 0 Å². The molecule has 2 rings (SSSR count). The van der Waals surface area contributed by atoms with E-state index in [9.17, 15) is 4.39 Å². The second-order valence-corrected chi connectivity index (χ2v) is 4.73. The van der Waals surface area contributed by atoms with Crippen molar-refractivity contribution in [1.29, 1.82) is 0 Å². The molecule has 0 radical (unpaired) electrons. The maximum absolute atomic E-state index is 13.1. The molecule has 1 atom stereocenters. The van der Waals surface area contributed by atoms with Crippen LogP contribution >= 0.6 is 0 Å². The molecule has 0 bridgehead atoms. The highest BCUT2D eigenvalue weighted by atomic mass is 19.1. The fourth-order valence-corrected chi connectivity index (χ4v) is 2.23. The van der Waals surface area contributed by atoms with Crippen LogP contribution in [0.2, 0.25) is 0 Å². The third-order valence-electron chi connectivity index (χ3n) is 3.12. The Morgan fingerprint density at radius 2 is 2.21 bits per heavy atom. The quantitative estimate of drug-likeness (QED) is 0.722. The van der Waals surface area contributed by atoms with Gasteiger partial charge in [-0.3, -0.25) is 0 Å². The lowest BCUT2D eigenvalue weighted by molar-refractivity contribution is 0.362. The van der Waals surface area contributed by atoms with E-state index in [1.54, 1.807) is 12.1 Å². The zero-order valence-corrected chi connectivity index (χ0v) is 8.68. The minimum atomic E-state index is -0.134. The van der Waals surface area contributed by atoms with E-state index < -0.39 is 0 Å². The Labute approximate surface area is 84.3 Å². The molecule has 1 aromatic carbocycles. The van der Waals surface area contributed by atoms with Crippen LogP contribution < -0.4 is 5.32 Å². The molecular weight excluding hydrogens is 177 g/mol. The van der Waals surface area contributed by atoms with Crippen molar-refractivity contribution in [2.75, 3.05) is 13.1 Å². The van der Waals surface area contributed by atoms with E-state index in [0.717, 1.165) is 18.7 Å². The van der Waals surface area contributed by atoms with Gasteiger partial charge in [-0.05, 0) is 23.1 Å². The van der Waals surface area contributed by atoms with Crippen molar-refractivity contribution < 1.29 is 4.39 Å². The van der Waals surface area contributed by atoms with Gasteiger partial charge in [0.05, 0.1) is 0 Å². The van der Waals surface area contributed by atoms with Gasteiger partial charge in [0.1, 0.15) is 5.82 Å². The number of nitrogens with one attached hydrogen (secondary N) is 1. The van der Waals surface area contributed by atoms with Crippen molar-refractivity contribution in [3.8, 4) is 0 Å². The molecule has 1 nitrogen and oxygen atoms in total. The Morgan fingerprint density at radius 1 is 1.43 bits per heavy atom. The number of benzene rings is 1. The van der Waals surface area contributed by atoms with Crippen LogP contribution in [0.5, 0.6) is 0 Å². The minimum Gasteiger partial charge on any atom is -0.316 e. The predicted molar refractivity (Wildman–Crippen MR) is 55.8 cm³/mol. The second kappa shape index (κ2) is 3.35. The highest BCUT2D eigenvalue weighted by Crippen LogP contribution is 2.38. The van der Waals surface area contributed by atoms with Gasteiger partial charge in [0.2, 0.25) is 0 Å². The van der Waals surface area contributed by atoms with E-state index >= 15 is 0 Å². The number of hydrogen-bond acceptors (Lipinski definition) is 1. The highest BCUT2D eigenvalue weighted by molar-refractivity contribution is 5.24.